The van der Waals surface area contributed by atoms with Gasteiger partial charge in [0.05, 0.1) is 24.1 Å². The Hall–Kier alpha value is -2.83. The van der Waals surface area contributed by atoms with E-state index in [1.807, 2.05) is 42.5 Å². The van der Waals surface area contributed by atoms with Crippen molar-refractivity contribution in [2.45, 2.75) is 26.1 Å². The van der Waals surface area contributed by atoms with Gasteiger partial charge in [-0.05, 0) is 31.5 Å². The van der Waals surface area contributed by atoms with Gasteiger partial charge in [0.1, 0.15) is 18.1 Å². The third kappa shape index (κ3) is 4.60. The summed E-state index contributed by atoms with van der Waals surface area (Å²) in [5.74, 6) is 0.818. The topological polar surface area (TPSA) is 70.6 Å². The molecule has 29 heavy (non-hydrogen) atoms. The number of morpholine rings is 1. The quantitative estimate of drug-likeness (QED) is 0.664. The minimum atomic E-state index is 0.164. The number of aromatic nitrogens is 2. The van der Waals surface area contributed by atoms with Crippen molar-refractivity contribution in [3.8, 4) is 33.9 Å². The van der Waals surface area contributed by atoms with E-state index in [2.05, 4.69) is 28.9 Å². The number of hydrogen-bond acceptors (Lipinski definition) is 5. The van der Waals surface area contributed by atoms with Crippen molar-refractivity contribution >= 4 is 0 Å². The molecule has 152 valence electrons. The van der Waals surface area contributed by atoms with Gasteiger partial charge < -0.3 is 14.6 Å². The van der Waals surface area contributed by atoms with Crippen LogP contribution in [-0.4, -0.2) is 58.7 Å². The SMILES string of the molecule is CC1CN(CCOc2ccc(-c3[nH]ncc3-c3ccccc3)c(O)c2)CC(C)O1. The lowest BCUT2D eigenvalue weighted by Gasteiger charge is -2.35. The van der Waals surface area contributed by atoms with Crippen molar-refractivity contribution in [2.75, 3.05) is 26.2 Å². The van der Waals surface area contributed by atoms with E-state index in [1.165, 1.54) is 0 Å². The number of nitrogens with zero attached hydrogens (tertiary/aromatic N) is 2. The lowest BCUT2D eigenvalue weighted by molar-refractivity contribution is -0.0699. The van der Waals surface area contributed by atoms with Crippen LogP contribution in [0.1, 0.15) is 13.8 Å². The molecule has 1 aliphatic heterocycles. The number of phenolic OH excluding ortho intramolecular Hbond substituents is 1. The average molecular weight is 393 g/mol. The molecule has 6 nitrogen and oxygen atoms in total. The van der Waals surface area contributed by atoms with E-state index < -0.39 is 0 Å². The molecule has 0 spiro atoms. The zero-order chi connectivity index (χ0) is 20.2. The highest BCUT2D eigenvalue weighted by atomic mass is 16.5. The maximum Gasteiger partial charge on any atom is 0.128 e. The maximum absolute atomic E-state index is 10.6. The monoisotopic (exact) mass is 393 g/mol. The Balaban J connectivity index is 1.42. The minimum Gasteiger partial charge on any atom is -0.507 e. The third-order valence-corrected chi connectivity index (χ3v) is 5.13. The Bertz CT molecular complexity index is 932. The summed E-state index contributed by atoms with van der Waals surface area (Å²) in [6, 6.07) is 15.4. The summed E-state index contributed by atoms with van der Waals surface area (Å²) in [7, 11) is 0. The van der Waals surface area contributed by atoms with Gasteiger partial charge in [0.25, 0.3) is 0 Å². The summed E-state index contributed by atoms with van der Waals surface area (Å²) in [4.78, 5) is 2.35. The van der Waals surface area contributed by atoms with Crippen LogP contribution in [0.4, 0.5) is 0 Å². The maximum atomic E-state index is 10.6. The standard InChI is InChI=1S/C23H27N3O3/c1-16-14-26(15-17(2)29-16)10-11-28-19-8-9-20(22(27)12-19)23-21(13-24-25-23)18-6-4-3-5-7-18/h3-9,12-13,16-17,27H,10-11,14-15H2,1-2H3,(H,24,25). The summed E-state index contributed by atoms with van der Waals surface area (Å²) in [5.41, 5.74) is 3.48. The number of hydrogen-bond donors (Lipinski definition) is 2. The first-order chi connectivity index (χ1) is 14.1. The molecule has 0 aliphatic carbocycles. The molecule has 0 saturated carbocycles. The van der Waals surface area contributed by atoms with Crippen LogP contribution in [0.15, 0.2) is 54.7 Å². The molecule has 1 aromatic heterocycles. The molecule has 2 heterocycles. The van der Waals surface area contributed by atoms with E-state index in [1.54, 1.807) is 12.3 Å². The molecular formula is C23H27N3O3. The smallest absolute Gasteiger partial charge is 0.128 e. The molecule has 4 rings (SSSR count). The first kappa shape index (κ1) is 19.5. The van der Waals surface area contributed by atoms with E-state index in [-0.39, 0.29) is 18.0 Å². The van der Waals surface area contributed by atoms with E-state index in [0.717, 1.165) is 36.5 Å². The van der Waals surface area contributed by atoms with Gasteiger partial charge in [-0.3, -0.25) is 10.00 Å². The Labute approximate surface area is 171 Å². The summed E-state index contributed by atoms with van der Waals surface area (Å²) < 4.78 is 11.6. The molecule has 0 radical (unpaired) electrons. The minimum absolute atomic E-state index is 0.164. The van der Waals surface area contributed by atoms with Crippen LogP contribution >= 0.6 is 0 Å². The Morgan fingerprint density at radius 3 is 2.59 bits per heavy atom. The second-order valence-electron chi connectivity index (χ2n) is 7.57. The Kier molecular flexibility index (Phi) is 5.83. The normalized spacial score (nSPS) is 19.9. The summed E-state index contributed by atoms with van der Waals surface area (Å²) >= 11 is 0. The van der Waals surface area contributed by atoms with Crippen LogP contribution < -0.4 is 4.74 Å². The largest absolute Gasteiger partial charge is 0.507 e. The lowest BCUT2D eigenvalue weighted by atomic mass is 10.0. The highest BCUT2D eigenvalue weighted by Crippen LogP contribution is 2.36. The predicted molar refractivity (Wildman–Crippen MR) is 113 cm³/mol. The van der Waals surface area contributed by atoms with Crippen LogP contribution in [0.25, 0.3) is 22.4 Å². The van der Waals surface area contributed by atoms with Crippen molar-refractivity contribution in [3.05, 3.63) is 54.7 Å². The molecule has 1 saturated heterocycles. The van der Waals surface area contributed by atoms with Crippen molar-refractivity contribution in [1.29, 1.82) is 0 Å². The highest BCUT2D eigenvalue weighted by Gasteiger charge is 2.21. The summed E-state index contributed by atoms with van der Waals surface area (Å²) in [5, 5.41) is 17.8. The van der Waals surface area contributed by atoms with Gasteiger partial charge >= 0.3 is 0 Å². The zero-order valence-electron chi connectivity index (χ0n) is 16.8. The molecule has 0 amide bonds. The number of H-pyrrole nitrogens is 1. The number of ether oxygens (including phenoxy) is 2. The Morgan fingerprint density at radius 2 is 1.86 bits per heavy atom. The molecule has 2 aromatic carbocycles. The van der Waals surface area contributed by atoms with Crippen molar-refractivity contribution in [3.63, 3.8) is 0 Å². The number of phenols is 1. The highest BCUT2D eigenvalue weighted by molar-refractivity contribution is 5.83. The number of benzene rings is 2. The van der Waals surface area contributed by atoms with Gasteiger partial charge in [0.15, 0.2) is 0 Å². The number of aromatic hydroxyl groups is 1. The van der Waals surface area contributed by atoms with Gasteiger partial charge in [0.2, 0.25) is 0 Å². The molecule has 0 bridgehead atoms. The summed E-state index contributed by atoms with van der Waals surface area (Å²) in [6.07, 6.45) is 2.27. The zero-order valence-corrected chi connectivity index (χ0v) is 16.8. The molecule has 1 aliphatic rings. The van der Waals surface area contributed by atoms with Crippen LogP contribution in [0.2, 0.25) is 0 Å². The summed E-state index contributed by atoms with van der Waals surface area (Å²) in [6.45, 7) is 7.43. The molecule has 2 unspecified atom stereocenters. The van der Waals surface area contributed by atoms with Gasteiger partial charge in [-0.2, -0.15) is 5.10 Å². The average Bonchev–Trinajstić information content (AvgIpc) is 3.17. The lowest BCUT2D eigenvalue weighted by Crippen LogP contribution is -2.46. The molecule has 1 fully saturated rings. The molecule has 2 N–H and O–H groups in total. The van der Waals surface area contributed by atoms with E-state index in [4.69, 9.17) is 9.47 Å². The van der Waals surface area contributed by atoms with Gasteiger partial charge in [-0.1, -0.05) is 30.3 Å². The molecular weight excluding hydrogens is 366 g/mol. The van der Waals surface area contributed by atoms with Crippen LogP contribution in [0.5, 0.6) is 11.5 Å². The number of aromatic amines is 1. The molecule has 2 atom stereocenters. The van der Waals surface area contributed by atoms with Crippen molar-refractivity contribution < 1.29 is 14.6 Å². The molecule has 6 heteroatoms. The second-order valence-corrected chi connectivity index (χ2v) is 7.57. The van der Waals surface area contributed by atoms with Gasteiger partial charge in [-0.15, -0.1) is 0 Å². The van der Waals surface area contributed by atoms with Crippen LogP contribution in [0, 0.1) is 0 Å². The third-order valence-electron chi connectivity index (χ3n) is 5.13. The van der Waals surface area contributed by atoms with E-state index in [9.17, 15) is 5.11 Å². The Morgan fingerprint density at radius 1 is 1.10 bits per heavy atom. The molecule has 3 aromatic rings. The van der Waals surface area contributed by atoms with Crippen LogP contribution in [-0.2, 0) is 4.74 Å². The van der Waals surface area contributed by atoms with Crippen molar-refractivity contribution in [2.24, 2.45) is 0 Å². The first-order valence-corrected chi connectivity index (χ1v) is 10.0. The second kappa shape index (κ2) is 8.68. The van der Waals surface area contributed by atoms with Gasteiger partial charge in [0, 0.05) is 36.8 Å². The van der Waals surface area contributed by atoms with Crippen molar-refractivity contribution in [1.82, 2.24) is 15.1 Å². The van der Waals surface area contributed by atoms with Gasteiger partial charge in [-0.25, -0.2) is 0 Å². The first-order valence-electron chi connectivity index (χ1n) is 10.0. The van der Waals surface area contributed by atoms with Crippen LogP contribution in [0.3, 0.4) is 0 Å². The fourth-order valence-corrected chi connectivity index (χ4v) is 3.90. The fourth-order valence-electron chi connectivity index (χ4n) is 3.90. The fraction of sp³-hybridized carbons (Fsp3) is 0.348. The number of rotatable bonds is 6. The predicted octanol–water partition coefficient (Wildman–Crippen LogP) is 3.94. The van der Waals surface area contributed by atoms with E-state index in [0.29, 0.717) is 17.9 Å². The number of nitrogens with one attached hydrogen (secondary N) is 1. The van der Waals surface area contributed by atoms with E-state index >= 15 is 0 Å².